The molecule has 0 saturated heterocycles. The summed E-state index contributed by atoms with van der Waals surface area (Å²) in [6.07, 6.45) is 12.0. The highest BCUT2D eigenvalue weighted by atomic mass is 35.5. The number of aromatic nitrogens is 3. The van der Waals surface area contributed by atoms with Crippen molar-refractivity contribution >= 4 is 33.2 Å². The van der Waals surface area contributed by atoms with Gasteiger partial charge in [0.2, 0.25) is 10.0 Å². The summed E-state index contributed by atoms with van der Waals surface area (Å²) < 4.78 is 44.0. The van der Waals surface area contributed by atoms with Gasteiger partial charge >= 0.3 is 0 Å². The molecular weight excluding hydrogens is 650 g/mol. The lowest BCUT2D eigenvalue weighted by atomic mass is 9.68. The van der Waals surface area contributed by atoms with E-state index in [1.807, 2.05) is 38.2 Å². The highest BCUT2D eigenvalue weighted by Gasteiger charge is 2.44. The van der Waals surface area contributed by atoms with E-state index in [1.165, 1.54) is 11.1 Å². The average molecular weight is 694 g/mol. The molecule has 256 valence electrons. The predicted molar refractivity (Wildman–Crippen MR) is 185 cm³/mol. The monoisotopic (exact) mass is 693 g/mol. The van der Waals surface area contributed by atoms with Gasteiger partial charge in [-0.25, -0.2) is 18.1 Å². The Morgan fingerprint density at radius 2 is 2.04 bits per heavy atom. The first-order valence-corrected chi connectivity index (χ1v) is 19.1. The molecule has 1 aromatic heterocycles. The maximum atomic E-state index is 13.5. The van der Waals surface area contributed by atoms with Crippen LogP contribution in [0.3, 0.4) is 0 Å². The minimum absolute atomic E-state index is 0.169. The van der Waals surface area contributed by atoms with Crippen LogP contribution in [0.5, 0.6) is 5.75 Å². The van der Waals surface area contributed by atoms with E-state index < -0.39 is 21.2 Å². The number of aryl methyl sites for hydroxylation is 2. The van der Waals surface area contributed by atoms with Crippen LogP contribution in [-0.4, -0.2) is 60.1 Å². The Morgan fingerprint density at radius 1 is 1.17 bits per heavy atom. The largest absolute Gasteiger partial charge is 0.490 e. The number of benzene rings is 2. The molecule has 5 atom stereocenters. The third-order valence-corrected chi connectivity index (χ3v) is 13.0. The van der Waals surface area contributed by atoms with Crippen molar-refractivity contribution in [2.45, 2.75) is 81.7 Å². The smallest absolute Gasteiger partial charge is 0.264 e. The standard InChI is InChI=1S/C36H44ClN5O5S/c1-3-28-8-4-5-9-32(46-20-34-38-23-41(2)39-34)29-13-10-26(29)19-42-21-36(16-6-7-24-17-27(37)12-14-30(24)36)22-47-33-15-11-25(18-31(33)42)35(43)40-48(28,44)45/h5,9,11-12,14-15,17-18,23,26,28-29,32H,3-4,6-8,10,13,16,19-22H2,1-2H3,(H,40,43)/b9-5+/t26-,28+,29+,32-,36-/m0/s1. The van der Waals surface area contributed by atoms with E-state index in [1.54, 1.807) is 17.1 Å². The highest BCUT2D eigenvalue weighted by molar-refractivity contribution is 7.90. The second kappa shape index (κ2) is 13.5. The van der Waals surface area contributed by atoms with Crippen LogP contribution in [0.4, 0.5) is 5.69 Å². The van der Waals surface area contributed by atoms with E-state index >= 15 is 0 Å². The van der Waals surface area contributed by atoms with Crippen molar-refractivity contribution in [3.05, 3.63) is 82.4 Å². The molecule has 2 aliphatic carbocycles. The van der Waals surface area contributed by atoms with Gasteiger partial charge in [0.05, 0.1) is 23.6 Å². The summed E-state index contributed by atoms with van der Waals surface area (Å²) in [4.78, 5) is 20.3. The molecule has 1 amide bonds. The fourth-order valence-electron chi connectivity index (χ4n) is 8.10. The summed E-state index contributed by atoms with van der Waals surface area (Å²) in [5.41, 5.74) is 3.38. The minimum atomic E-state index is -3.90. The average Bonchev–Trinajstić information content (AvgIpc) is 3.40. The van der Waals surface area contributed by atoms with E-state index in [-0.39, 0.29) is 17.4 Å². The van der Waals surface area contributed by atoms with Crippen molar-refractivity contribution in [3.8, 4) is 5.75 Å². The second-order valence-corrected chi connectivity index (χ2v) is 16.3. The third-order valence-electron chi connectivity index (χ3n) is 10.8. The molecule has 7 rings (SSSR count). The lowest BCUT2D eigenvalue weighted by Gasteiger charge is -2.46. The van der Waals surface area contributed by atoms with Gasteiger partial charge in [0.1, 0.15) is 18.7 Å². The number of anilines is 1. The van der Waals surface area contributed by atoms with E-state index in [9.17, 15) is 13.2 Å². The molecule has 1 spiro atoms. The van der Waals surface area contributed by atoms with Crippen LogP contribution in [0.15, 0.2) is 54.9 Å². The van der Waals surface area contributed by atoms with Crippen molar-refractivity contribution in [3.63, 3.8) is 0 Å². The van der Waals surface area contributed by atoms with Crippen LogP contribution in [0, 0.1) is 11.8 Å². The Bertz CT molecular complexity index is 1810. The van der Waals surface area contributed by atoms with Crippen molar-refractivity contribution < 1.29 is 22.7 Å². The van der Waals surface area contributed by atoms with Crippen LogP contribution in [0.1, 0.15) is 79.2 Å². The fraction of sp³-hybridized carbons (Fsp3) is 0.528. The number of carbonyl (C=O) groups is 1. The van der Waals surface area contributed by atoms with Crippen molar-refractivity contribution in [1.82, 2.24) is 19.5 Å². The Labute approximate surface area is 287 Å². The van der Waals surface area contributed by atoms with Gasteiger partial charge in [-0.05, 0) is 105 Å². The van der Waals surface area contributed by atoms with E-state index in [0.29, 0.717) is 62.1 Å². The molecule has 48 heavy (non-hydrogen) atoms. The van der Waals surface area contributed by atoms with Crippen LogP contribution in [-0.2, 0) is 40.3 Å². The molecule has 1 saturated carbocycles. The highest BCUT2D eigenvalue weighted by Crippen LogP contribution is 2.47. The Balaban J connectivity index is 1.27. The number of allylic oxidation sites excluding steroid dienone is 1. The quantitative estimate of drug-likeness (QED) is 0.344. The maximum absolute atomic E-state index is 13.5. The van der Waals surface area contributed by atoms with Crippen LogP contribution < -0.4 is 14.4 Å². The lowest BCUT2D eigenvalue weighted by molar-refractivity contribution is -0.0248. The van der Waals surface area contributed by atoms with Gasteiger partial charge in [-0.1, -0.05) is 36.7 Å². The normalized spacial score (nSPS) is 29.1. The number of sulfonamides is 1. The van der Waals surface area contributed by atoms with E-state index in [4.69, 9.17) is 21.1 Å². The van der Waals surface area contributed by atoms with Gasteiger partial charge in [0.15, 0.2) is 5.82 Å². The second-order valence-electron chi connectivity index (χ2n) is 13.9. The van der Waals surface area contributed by atoms with Gasteiger partial charge in [0.25, 0.3) is 5.91 Å². The molecule has 1 N–H and O–H groups in total. The zero-order chi connectivity index (χ0) is 33.5. The van der Waals surface area contributed by atoms with Gasteiger partial charge in [-0.3, -0.25) is 9.48 Å². The summed E-state index contributed by atoms with van der Waals surface area (Å²) >= 11 is 6.45. The van der Waals surface area contributed by atoms with Gasteiger partial charge in [0, 0.05) is 36.1 Å². The molecule has 1 fully saturated rings. The van der Waals surface area contributed by atoms with Crippen molar-refractivity contribution in [2.75, 3.05) is 24.6 Å². The topological polar surface area (TPSA) is 116 Å². The number of nitrogens with zero attached hydrogens (tertiary/aromatic N) is 4. The minimum Gasteiger partial charge on any atom is -0.490 e. The zero-order valence-electron chi connectivity index (χ0n) is 27.6. The number of fused-ring (bicyclic) bond motifs is 4. The van der Waals surface area contributed by atoms with Gasteiger partial charge in [-0.2, -0.15) is 5.10 Å². The number of ether oxygens (including phenoxy) is 2. The van der Waals surface area contributed by atoms with E-state index in [0.717, 1.165) is 49.4 Å². The van der Waals surface area contributed by atoms with Crippen molar-refractivity contribution in [2.24, 2.45) is 18.9 Å². The molecule has 10 nitrogen and oxygen atoms in total. The molecule has 2 aromatic carbocycles. The number of nitrogens with one attached hydrogen (secondary N) is 1. The summed E-state index contributed by atoms with van der Waals surface area (Å²) in [5, 5.41) is 4.45. The fourth-order valence-corrected chi connectivity index (χ4v) is 9.72. The molecular formula is C36H44ClN5O5S. The Hall–Kier alpha value is -3.41. The molecule has 12 heteroatoms. The summed E-state index contributed by atoms with van der Waals surface area (Å²) in [7, 11) is -2.07. The SMILES string of the molecule is CC[C@@H]1CC/C=C/[C@H](OCc2ncn(C)n2)[C@@H]2CC[C@H]2CN2C[C@@]3(CCCc4cc(Cl)ccc43)COc3ccc(cc32)C(=O)NS1(=O)=O. The number of halogens is 1. The molecule has 0 radical (unpaired) electrons. The Morgan fingerprint density at radius 3 is 2.81 bits per heavy atom. The predicted octanol–water partition coefficient (Wildman–Crippen LogP) is 5.74. The summed E-state index contributed by atoms with van der Waals surface area (Å²) in [6.45, 7) is 4.10. The molecule has 2 bridgehead atoms. The van der Waals surface area contributed by atoms with Crippen LogP contribution >= 0.6 is 11.6 Å². The molecule has 2 aliphatic heterocycles. The van der Waals surface area contributed by atoms with Gasteiger partial charge < -0.3 is 14.4 Å². The number of hydrogen-bond donors (Lipinski definition) is 1. The van der Waals surface area contributed by atoms with E-state index in [2.05, 4.69) is 37.9 Å². The summed E-state index contributed by atoms with van der Waals surface area (Å²) in [5.74, 6) is 1.31. The number of hydrogen-bond acceptors (Lipinski definition) is 8. The first-order valence-electron chi connectivity index (χ1n) is 17.1. The Kier molecular flexibility index (Phi) is 9.30. The zero-order valence-corrected chi connectivity index (χ0v) is 29.2. The number of rotatable bonds is 4. The lowest BCUT2D eigenvalue weighted by Crippen LogP contribution is -2.49. The third kappa shape index (κ3) is 6.61. The first-order chi connectivity index (χ1) is 23.1. The number of amides is 1. The maximum Gasteiger partial charge on any atom is 0.264 e. The molecule has 3 heterocycles. The summed E-state index contributed by atoms with van der Waals surface area (Å²) in [6, 6.07) is 11.5. The molecule has 0 unspecified atom stereocenters. The van der Waals surface area contributed by atoms with Crippen LogP contribution in [0.2, 0.25) is 5.02 Å². The van der Waals surface area contributed by atoms with Crippen molar-refractivity contribution in [1.29, 1.82) is 0 Å². The molecule has 3 aromatic rings. The molecule has 4 aliphatic rings. The first kappa shape index (κ1) is 33.1. The number of carbonyl (C=O) groups excluding carboxylic acids is 1. The van der Waals surface area contributed by atoms with Gasteiger partial charge in [-0.15, -0.1) is 0 Å². The van der Waals surface area contributed by atoms with Crippen LogP contribution in [0.25, 0.3) is 0 Å².